The molecule has 0 unspecified atom stereocenters. The quantitative estimate of drug-likeness (QED) is 0.846. The maximum absolute atomic E-state index is 12.3. The topological polar surface area (TPSA) is 66.3 Å². The highest BCUT2D eigenvalue weighted by molar-refractivity contribution is 5.79. The van der Waals surface area contributed by atoms with Gasteiger partial charge in [-0.15, -0.1) is 0 Å². The maximum atomic E-state index is 12.3. The zero-order valence-corrected chi connectivity index (χ0v) is 14.9. The lowest BCUT2D eigenvalue weighted by molar-refractivity contribution is -0.124. The summed E-state index contributed by atoms with van der Waals surface area (Å²) in [5.74, 6) is -0.0316. The van der Waals surface area contributed by atoms with Gasteiger partial charge in [-0.05, 0) is 19.5 Å². The molecule has 1 aliphatic rings. The lowest BCUT2D eigenvalue weighted by Gasteiger charge is -2.40. The number of amides is 1. The van der Waals surface area contributed by atoms with Crippen LogP contribution in [0.2, 0.25) is 0 Å². The number of nitrogens with one attached hydrogen (secondary N) is 1. The number of benzene rings is 1. The average Bonchev–Trinajstić information content (AvgIpc) is 3.17. The second-order valence-corrected chi connectivity index (χ2v) is 6.57. The molecule has 0 spiro atoms. The van der Waals surface area contributed by atoms with Crippen LogP contribution in [0.1, 0.15) is 24.6 Å². The van der Waals surface area contributed by atoms with Crippen molar-refractivity contribution in [2.24, 2.45) is 0 Å². The van der Waals surface area contributed by atoms with Crippen molar-refractivity contribution in [2.75, 3.05) is 39.8 Å². The molecule has 2 atom stereocenters. The lowest BCUT2D eigenvalue weighted by atomic mass is 10.0. The Morgan fingerprint density at radius 3 is 2.84 bits per heavy atom. The van der Waals surface area contributed by atoms with Crippen molar-refractivity contribution < 1.29 is 4.79 Å². The molecule has 1 amide bonds. The molecule has 1 N–H and O–H groups in total. The van der Waals surface area contributed by atoms with E-state index in [1.807, 2.05) is 13.0 Å². The first-order valence-electron chi connectivity index (χ1n) is 8.74. The minimum Gasteiger partial charge on any atom is -0.353 e. The van der Waals surface area contributed by atoms with Gasteiger partial charge in [0.1, 0.15) is 18.7 Å². The Bertz CT molecular complexity index is 659. The maximum Gasteiger partial charge on any atom is 0.244 e. The zero-order valence-electron chi connectivity index (χ0n) is 14.9. The number of nitrogens with zero attached hydrogens (tertiary/aromatic N) is 5. The van der Waals surface area contributed by atoms with Crippen molar-refractivity contribution in [3.63, 3.8) is 0 Å². The monoisotopic (exact) mass is 342 g/mol. The van der Waals surface area contributed by atoms with Gasteiger partial charge in [0.05, 0.1) is 0 Å². The Morgan fingerprint density at radius 2 is 2.12 bits per heavy atom. The molecule has 7 nitrogen and oxygen atoms in total. The van der Waals surface area contributed by atoms with Gasteiger partial charge in [0.15, 0.2) is 0 Å². The summed E-state index contributed by atoms with van der Waals surface area (Å²) in [5, 5.41) is 7.04. The van der Waals surface area contributed by atoms with Gasteiger partial charge in [0.2, 0.25) is 5.91 Å². The van der Waals surface area contributed by atoms with Crippen molar-refractivity contribution in [1.29, 1.82) is 0 Å². The number of hydrogen-bond donors (Lipinski definition) is 1. The highest BCUT2D eigenvalue weighted by Crippen LogP contribution is 2.24. The molecule has 0 saturated carbocycles. The van der Waals surface area contributed by atoms with Crippen molar-refractivity contribution in [3.8, 4) is 0 Å². The molecule has 1 fully saturated rings. The molecule has 3 rings (SSSR count). The number of hydrogen-bond acceptors (Lipinski definition) is 5. The van der Waals surface area contributed by atoms with Crippen LogP contribution in [0.25, 0.3) is 0 Å². The van der Waals surface area contributed by atoms with Crippen LogP contribution in [0.15, 0.2) is 43.0 Å². The molecule has 7 heteroatoms. The minimum atomic E-state index is -0.347. The third kappa shape index (κ3) is 4.43. The number of piperazine rings is 1. The largest absolute Gasteiger partial charge is 0.353 e. The van der Waals surface area contributed by atoms with Crippen LogP contribution in [0, 0.1) is 0 Å². The first-order chi connectivity index (χ1) is 12.1. The standard InChI is InChI=1S/C18H26N6O/c1-15(24-14-19-13-21-24)18(25)20-8-9-23-11-10-22(2)12-17(23)16-6-4-3-5-7-16/h3-7,13-15,17H,8-12H2,1-2H3,(H,20,25)/t15-,17-/m0/s1. The Balaban J connectivity index is 1.55. The molecule has 2 heterocycles. The van der Waals surface area contributed by atoms with Crippen molar-refractivity contribution in [2.45, 2.75) is 19.0 Å². The molecule has 0 bridgehead atoms. The summed E-state index contributed by atoms with van der Waals surface area (Å²) >= 11 is 0. The fourth-order valence-corrected chi connectivity index (χ4v) is 3.22. The van der Waals surface area contributed by atoms with Gasteiger partial charge in [-0.2, -0.15) is 5.10 Å². The van der Waals surface area contributed by atoms with Crippen molar-refractivity contribution in [1.82, 2.24) is 29.9 Å². The Labute approximate surface area is 148 Å². The van der Waals surface area contributed by atoms with Gasteiger partial charge in [-0.3, -0.25) is 9.69 Å². The second kappa shape index (κ2) is 8.22. The van der Waals surface area contributed by atoms with Gasteiger partial charge in [0, 0.05) is 38.8 Å². The number of likely N-dealkylation sites (N-methyl/N-ethyl adjacent to an activating group) is 1. The van der Waals surface area contributed by atoms with Gasteiger partial charge in [-0.1, -0.05) is 30.3 Å². The van der Waals surface area contributed by atoms with Gasteiger partial charge in [0.25, 0.3) is 0 Å². The summed E-state index contributed by atoms with van der Waals surface area (Å²) in [6.07, 6.45) is 3.01. The lowest BCUT2D eigenvalue weighted by Crippen LogP contribution is -2.49. The first-order valence-corrected chi connectivity index (χ1v) is 8.74. The van der Waals surface area contributed by atoms with Crippen LogP contribution in [0.5, 0.6) is 0 Å². The second-order valence-electron chi connectivity index (χ2n) is 6.57. The smallest absolute Gasteiger partial charge is 0.244 e. The molecule has 134 valence electrons. The average molecular weight is 342 g/mol. The summed E-state index contributed by atoms with van der Waals surface area (Å²) in [6, 6.07) is 10.6. The van der Waals surface area contributed by atoms with E-state index in [1.54, 1.807) is 11.0 Å². The number of carbonyl (C=O) groups excluding carboxylic acids is 1. The summed E-state index contributed by atoms with van der Waals surface area (Å²) in [7, 11) is 2.16. The van der Waals surface area contributed by atoms with Crippen LogP contribution in [0.3, 0.4) is 0 Å². The van der Waals surface area contributed by atoms with E-state index < -0.39 is 0 Å². The summed E-state index contributed by atoms with van der Waals surface area (Å²) in [6.45, 7) is 6.35. The number of aromatic nitrogens is 3. The van der Waals surface area contributed by atoms with E-state index in [2.05, 4.69) is 56.5 Å². The summed E-state index contributed by atoms with van der Waals surface area (Å²) in [4.78, 5) is 21.0. The Hall–Kier alpha value is -2.25. The Morgan fingerprint density at radius 1 is 1.32 bits per heavy atom. The highest BCUT2D eigenvalue weighted by atomic mass is 16.2. The number of carbonyl (C=O) groups is 1. The fourth-order valence-electron chi connectivity index (χ4n) is 3.22. The van der Waals surface area contributed by atoms with Gasteiger partial charge in [-0.25, -0.2) is 9.67 Å². The SMILES string of the molecule is C[C@@H](C(=O)NCCN1CCN(C)C[C@H]1c1ccccc1)n1cncn1. The highest BCUT2D eigenvalue weighted by Gasteiger charge is 2.26. The van der Waals surface area contributed by atoms with Gasteiger partial charge >= 0.3 is 0 Å². The predicted molar refractivity (Wildman–Crippen MR) is 96.0 cm³/mol. The number of rotatable bonds is 6. The third-order valence-electron chi connectivity index (χ3n) is 4.79. The summed E-state index contributed by atoms with van der Waals surface area (Å²) < 4.78 is 1.57. The van der Waals surface area contributed by atoms with E-state index in [1.165, 1.54) is 11.9 Å². The van der Waals surface area contributed by atoms with Crippen LogP contribution in [0.4, 0.5) is 0 Å². The predicted octanol–water partition coefficient (Wildman–Crippen LogP) is 0.944. The van der Waals surface area contributed by atoms with E-state index in [0.29, 0.717) is 12.6 Å². The van der Waals surface area contributed by atoms with Gasteiger partial charge < -0.3 is 10.2 Å². The van der Waals surface area contributed by atoms with Crippen molar-refractivity contribution in [3.05, 3.63) is 48.5 Å². The van der Waals surface area contributed by atoms with E-state index in [-0.39, 0.29) is 11.9 Å². The van der Waals surface area contributed by atoms with E-state index >= 15 is 0 Å². The zero-order chi connectivity index (χ0) is 17.6. The van der Waals surface area contributed by atoms with Crippen LogP contribution >= 0.6 is 0 Å². The molecular weight excluding hydrogens is 316 g/mol. The molecule has 25 heavy (non-hydrogen) atoms. The van der Waals surface area contributed by atoms with Crippen molar-refractivity contribution >= 4 is 5.91 Å². The molecular formula is C18H26N6O. The van der Waals surface area contributed by atoms with Crippen LogP contribution in [-0.2, 0) is 4.79 Å². The van der Waals surface area contributed by atoms with Crippen LogP contribution in [-0.4, -0.2) is 70.2 Å². The molecule has 1 aromatic carbocycles. The molecule has 1 aromatic heterocycles. The molecule has 1 aliphatic heterocycles. The Kier molecular flexibility index (Phi) is 5.78. The van der Waals surface area contributed by atoms with E-state index in [0.717, 1.165) is 26.2 Å². The molecule has 2 aromatic rings. The van der Waals surface area contributed by atoms with Crippen LogP contribution < -0.4 is 5.32 Å². The molecule has 0 aliphatic carbocycles. The third-order valence-corrected chi connectivity index (χ3v) is 4.79. The molecule has 0 radical (unpaired) electrons. The molecule has 1 saturated heterocycles. The normalized spacial score (nSPS) is 20.3. The minimum absolute atomic E-state index is 0.0316. The van der Waals surface area contributed by atoms with E-state index in [9.17, 15) is 4.79 Å². The summed E-state index contributed by atoms with van der Waals surface area (Å²) in [5.41, 5.74) is 1.33. The van der Waals surface area contributed by atoms with E-state index in [4.69, 9.17) is 0 Å². The first kappa shape index (κ1) is 17.6. The fraction of sp³-hybridized carbons (Fsp3) is 0.500.